The molecule has 3 aromatic carbocycles. The van der Waals surface area contributed by atoms with E-state index in [1.54, 1.807) is 0 Å². The summed E-state index contributed by atoms with van der Waals surface area (Å²) in [5.74, 6) is 1.04. The lowest BCUT2D eigenvalue weighted by Gasteiger charge is -2.30. The van der Waals surface area contributed by atoms with Crippen molar-refractivity contribution in [3.8, 4) is 5.75 Å². The topological polar surface area (TPSA) is 12.5 Å². The Hall–Kier alpha value is -2.31. The van der Waals surface area contributed by atoms with Crippen LogP contribution < -0.4 is 20.2 Å². The van der Waals surface area contributed by atoms with Gasteiger partial charge in [-0.05, 0) is 46.6 Å². The molecule has 0 bridgehead atoms. The van der Waals surface area contributed by atoms with Gasteiger partial charge in [0.05, 0.1) is 0 Å². The molecule has 1 unspecified atom stereocenters. The number of rotatable bonds is 6. The zero-order chi connectivity index (χ0) is 24.4. The van der Waals surface area contributed by atoms with Gasteiger partial charge in [-0.15, -0.1) is 0 Å². The molecule has 0 amide bonds. The third-order valence-electron chi connectivity index (χ3n) is 5.89. The van der Waals surface area contributed by atoms with Crippen LogP contribution in [-0.2, 0) is 17.4 Å². The summed E-state index contributed by atoms with van der Waals surface area (Å²) in [4.78, 5) is 2.22. The summed E-state index contributed by atoms with van der Waals surface area (Å²) >= 11 is 0. The van der Waals surface area contributed by atoms with Gasteiger partial charge in [0.1, 0.15) is 12.4 Å². The first-order valence-electron chi connectivity index (χ1n) is 11.8. The minimum Gasteiger partial charge on any atom is -0.488 e. The lowest BCUT2D eigenvalue weighted by atomic mass is 9.80. The molecule has 0 aliphatic heterocycles. The molecular weight excluding hydrogens is 421 g/mol. The smallest absolute Gasteiger partial charge is 0.131 e. The fourth-order valence-electron chi connectivity index (χ4n) is 3.86. The van der Waals surface area contributed by atoms with E-state index in [0.29, 0.717) is 15.2 Å². The number of aryl methyl sites for hydroxylation is 1. The standard InChI is InChI=1S/C30H40NOP/c1-21-15-16-26(25(17-21)31(8)9)33-27-19-23(29(2,3)4)18-24(30(5,6)7)28(27)32-20-22-13-11-10-12-14-22/h10-19,33H,20H2,1-9H3. The Morgan fingerprint density at radius 1 is 0.788 bits per heavy atom. The van der Waals surface area contributed by atoms with Crippen molar-refractivity contribution < 1.29 is 4.74 Å². The maximum absolute atomic E-state index is 6.64. The second-order valence-electron chi connectivity index (χ2n) is 11.2. The van der Waals surface area contributed by atoms with Crippen LogP contribution in [0.5, 0.6) is 5.75 Å². The molecule has 0 aromatic heterocycles. The summed E-state index contributed by atoms with van der Waals surface area (Å²) in [6.07, 6.45) is 0. The normalized spacial score (nSPS) is 12.4. The Morgan fingerprint density at radius 3 is 2.03 bits per heavy atom. The average molecular weight is 462 g/mol. The maximum Gasteiger partial charge on any atom is 0.131 e. The Bertz CT molecular complexity index is 1090. The van der Waals surface area contributed by atoms with Crippen LogP contribution in [-0.4, -0.2) is 14.1 Å². The van der Waals surface area contributed by atoms with Gasteiger partial charge in [-0.2, -0.15) is 0 Å². The van der Waals surface area contributed by atoms with E-state index in [0.717, 1.165) is 5.75 Å². The van der Waals surface area contributed by atoms with Crippen molar-refractivity contribution in [1.82, 2.24) is 0 Å². The molecular formula is C30H40NOP. The van der Waals surface area contributed by atoms with Crippen molar-refractivity contribution >= 4 is 24.9 Å². The van der Waals surface area contributed by atoms with Gasteiger partial charge in [-0.1, -0.05) is 98.7 Å². The molecule has 3 heteroatoms. The van der Waals surface area contributed by atoms with Gasteiger partial charge >= 0.3 is 0 Å². The summed E-state index contributed by atoms with van der Waals surface area (Å²) < 4.78 is 6.64. The highest BCUT2D eigenvalue weighted by Crippen LogP contribution is 2.38. The molecule has 0 fully saturated rings. The van der Waals surface area contributed by atoms with Crippen LogP contribution in [0.3, 0.4) is 0 Å². The van der Waals surface area contributed by atoms with Crippen molar-refractivity contribution in [2.24, 2.45) is 0 Å². The van der Waals surface area contributed by atoms with E-state index in [1.165, 1.54) is 38.6 Å². The van der Waals surface area contributed by atoms with Gasteiger partial charge in [0.25, 0.3) is 0 Å². The number of nitrogens with zero attached hydrogens (tertiary/aromatic N) is 1. The predicted octanol–water partition coefficient (Wildman–Crippen LogP) is 6.86. The SMILES string of the molecule is Cc1ccc(Pc2cc(C(C)(C)C)cc(C(C)(C)C)c2OCc2ccccc2)c(N(C)C)c1. The average Bonchev–Trinajstić information content (AvgIpc) is 2.72. The lowest BCUT2D eigenvalue weighted by molar-refractivity contribution is 0.300. The Balaban J connectivity index is 2.17. The molecule has 0 aliphatic carbocycles. The van der Waals surface area contributed by atoms with E-state index < -0.39 is 0 Å². The van der Waals surface area contributed by atoms with E-state index >= 15 is 0 Å². The van der Waals surface area contributed by atoms with Gasteiger partial charge < -0.3 is 9.64 Å². The first-order chi connectivity index (χ1) is 15.4. The zero-order valence-corrected chi connectivity index (χ0v) is 22.8. The van der Waals surface area contributed by atoms with Gasteiger partial charge in [0, 0.05) is 36.0 Å². The molecule has 0 heterocycles. The van der Waals surface area contributed by atoms with Crippen LogP contribution in [0.4, 0.5) is 5.69 Å². The molecule has 0 aliphatic rings. The molecule has 3 rings (SSSR count). The molecule has 1 atom stereocenters. The highest BCUT2D eigenvalue weighted by molar-refractivity contribution is 7.56. The maximum atomic E-state index is 6.64. The predicted molar refractivity (Wildman–Crippen MR) is 148 cm³/mol. The molecule has 3 aromatic rings. The van der Waals surface area contributed by atoms with Crippen LogP contribution in [0.25, 0.3) is 0 Å². The quantitative estimate of drug-likeness (QED) is 0.372. The molecule has 0 saturated carbocycles. The monoisotopic (exact) mass is 461 g/mol. The molecule has 0 spiro atoms. The van der Waals surface area contributed by atoms with Gasteiger partial charge in [-0.3, -0.25) is 0 Å². The van der Waals surface area contributed by atoms with Crippen molar-refractivity contribution in [3.05, 3.63) is 82.9 Å². The Morgan fingerprint density at radius 2 is 1.45 bits per heavy atom. The van der Waals surface area contributed by atoms with Gasteiger partial charge in [-0.25, -0.2) is 0 Å². The summed E-state index contributed by atoms with van der Waals surface area (Å²) in [6.45, 7) is 16.5. The van der Waals surface area contributed by atoms with Crippen LogP contribution in [0, 0.1) is 6.92 Å². The Kier molecular flexibility index (Phi) is 7.59. The lowest BCUT2D eigenvalue weighted by Crippen LogP contribution is -2.24. The van der Waals surface area contributed by atoms with Crippen molar-refractivity contribution in [1.29, 1.82) is 0 Å². The largest absolute Gasteiger partial charge is 0.488 e. The minimum atomic E-state index is -0.0236. The summed E-state index contributed by atoms with van der Waals surface area (Å²) in [7, 11) is 4.77. The third-order valence-corrected chi connectivity index (χ3v) is 7.23. The van der Waals surface area contributed by atoms with E-state index in [2.05, 4.69) is 128 Å². The summed E-state index contributed by atoms with van der Waals surface area (Å²) in [5, 5.41) is 2.64. The number of hydrogen-bond acceptors (Lipinski definition) is 2. The first-order valence-corrected chi connectivity index (χ1v) is 12.8. The van der Waals surface area contributed by atoms with Gasteiger partial charge in [0.2, 0.25) is 0 Å². The second kappa shape index (κ2) is 9.90. The van der Waals surface area contributed by atoms with E-state index in [9.17, 15) is 0 Å². The van der Waals surface area contributed by atoms with Crippen LogP contribution in [0.2, 0.25) is 0 Å². The minimum absolute atomic E-state index is 0.0236. The molecule has 0 N–H and O–H groups in total. The molecule has 0 radical (unpaired) electrons. The second-order valence-corrected chi connectivity index (χ2v) is 12.5. The van der Waals surface area contributed by atoms with E-state index in [4.69, 9.17) is 4.74 Å². The fourth-order valence-corrected chi connectivity index (χ4v) is 5.29. The van der Waals surface area contributed by atoms with E-state index in [1.807, 2.05) is 0 Å². The molecule has 176 valence electrons. The molecule has 0 saturated heterocycles. The number of hydrogen-bond donors (Lipinski definition) is 0. The number of anilines is 1. The summed E-state index contributed by atoms with van der Waals surface area (Å²) in [6, 6.07) is 22.0. The Labute approximate surface area is 203 Å². The highest BCUT2D eigenvalue weighted by atomic mass is 31.1. The van der Waals surface area contributed by atoms with Crippen LogP contribution in [0.15, 0.2) is 60.7 Å². The highest BCUT2D eigenvalue weighted by Gasteiger charge is 2.26. The van der Waals surface area contributed by atoms with E-state index in [-0.39, 0.29) is 10.8 Å². The zero-order valence-electron chi connectivity index (χ0n) is 21.8. The summed E-state index contributed by atoms with van der Waals surface area (Å²) in [5.41, 5.74) is 6.44. The van der Waals surface area contributed by atoms with Crippen molar-refractivity contribution in [3.63, 3.8) is 0 Å². The third kappa shape index (κ3) is 6.39. The number of ether oxygens (including phenoxy) is 1. The molecule has 2 nitrogen and oxygen atoms in total. The van der Waals surface area contributed by atoms with Crippen LogP contribution in [0.1, 0.15) is 63.8 Å². The van der Waals surface area contributed by atoms with Gasteiger partial charge in [0.15, 0.2) is 0 Å². The van der Waals surface area contributed by atoms with Crippen LogP contribution >= 0.6 is 8.58 Å². The molecule has 33 heavy (non-hydrogen) atoms. The van der Waals surface area contributed by atoms with Crippen molar-refractivity contribution in [2.75, 3.05) is 19.0 Å². The van der Waals surface area contributed by atoms with Crippen molar-refractivity contribution in [2.45, 2.75) is 65.9 Å². The number of benzene rings is 3. The fraction of sp³-hybridized carbons (Fsp3) is 0.400. The first kappa shape index (κ1) is 25.3.